The zero-order valence-corrected chi connectivity index (χ0v) is 18.8. The molecule has 0 unspecified atom stereocenters. The third-order valence-electron chi connectivity index (χ3n) is 5.28. The average molecular weight is 491 g/mol. The van der Waals surface area contributed by atoms with Gasteiger partial charge in [0.05, 0.1) is 17.1 Å². The zero-order valence-electron chi connectivity index (χ0n) is 17.1. The fourth-order valence-electron chi connectivity index (χ4n) is 3.25. The molecule has 1 aliphatic carbocycles. The Bertz CT molecular complexity index is 1110. The van der Waals surface area contributed by atoms with Crippen molar-refractivity contribution in [3.8, 4) is 5.75 Å². The van der Waals surface area contributed by atoms with Crippen LogP contribution >= 0.6 is 11.3 Å². The number of hydrogen-bond donors (Lipinski definition) is 0. The zero-order chi connectivity index (χ0) is 23.1. The van der Waals surface area contributed by atoms with Gasteiger partial charge >= 0.3 is 6.18 Å². The van der Waals surface area contributed by atoms with E-state index in [1.807, 2.05) is 0 Å². The number of carbonyl (C=O) groups excluding carboxylic acids is 1. The lowest BCUT2D eigenvalue weighted by molar-refractivity contribution is -0.138. The Morgan fingerprint density at radius 3 is 2.44 bits per heavy atom. The van der Waals surface area contributed by atoms with Gasteiger partial charge in [0.1, 0.15) is 5.75 Å². The molecule has 0 atom stereocenters. The molecule has 0 radical (unpaired) electrons. The maximum Gasteiger partial charge on any atom is 0.445 e. The molecular formula is C19H21F3N4O4S2. The van der Waals surface area contributed by atoms with E-state index in [0.717, 1.165) is 19.1 Å². The highest BCUT2D eigenvalue weighted by molar-refractivity contribution is 7.90. The van der Waals surface area contributed by atoms with E-state index < -0.39 is 21.0 Å². The highest BCUT2D eigenvalue weighted by Crippen LogP contribution is 2.35. The molecule has 1 saturated heterocycles. The minimum absolute atomic E-state index is 0.0202. The maximum atomic E-state index is 13.2. The van der Waals surface area contributed by atoms with Gasteiger partial charge in [0.25, 0.3) is 5.91 Å². The van der Waals surface area contributed by atoms with Crippen LogP contribution in [-0.4, -0.2) is 68.5 Å². The van der Waals surface area contributed by atoms with Gasteiger partial charge in [-0.25, -0.2) is 8.42 Å². The normalized spacial score (nSPS) is 17.5. The number of ether oxygens (including phenoxy) is 1. The van der Waals surface area contributed by atoms with Gasteiger partial charge in [-0.3, -0.25) is 4.79 Å². The topological polar surface area (TPSA) is 92.7 Å². The van der Waals surface area contributed by atoms with Crippen molar-refractivity contribution < 1.29 is 31.1 Å². The molecule has 13 heteroatoms. The van der Waals surface area contributed by atoms with E-state index in [-0.39, 0.29) is 47.7 Å². The molecule has 2 heterocycles. The van der Waals surface area contributed by atoms with E-state index in [9.17, 15) is 26.4 Å². The fraction of sp³-hybridized carbons (Fsp3) is 0.526. The van der Waals surface area contributed by atoms with E-state index in [1.165, 1.54) is 23.1 Å². The lowest BCUT2D eigenvalue weighted by Crippen LogP contribution is -2.48. The molecular weight excluding hydrogens is 469 g/mol. The summed E-state index contributed by atoms with van der Waals surface area (Å²) in [7, 11) is -3.52. The monoisotopic (exact) mass is 490 g/mol. The van der Waals surface area contributed by atoms with E-state index in [1.54, 1.807) is 4.90 Å². The van der Waals surface area contributed by atoms with Crippen molar-refractivity contribution in [3.05, 3.63) is 28.8 Å². The third-order valence-corrected chi connectivity index (χ3v) is 7.41. The summed E-state index contributed by atoms with van der Waals surface area (Å²) >= 11 is 0.463. The first-order valence-corrected chi connectivity index (χ1v) is 12.6. The molecule has 32 heavy (non-hydrogen) atoms. The van der Waals surface area contributed by atoms with E-state index >= 15 is 0 Å². The molecule has 0 spiro atoms. The van der Waals surface area contributed by atoms with Crippen molar-refractivity contribution in [2.45, 2.75) is 23.9 Å². The van der Waals surface area contributed by atoms with Gasteiger partial charge in [0.2, 0.25) is 10.1 Å². The van der Waals surface area contributed by atoms with Crippen molar-refractivity contribution in [1.82, 2.24) is 15.1 Å². The Balaban J connectivity index is 1.48. The predicted octanol–water partition coefficient (Wildman–Crippen LogP) is 2.71. The summed E-state index contributed by atoms with van der Waals surface area (Å²) in [6.45, 7) is 1.51. The largest absolute Gasteiger partial charge is 0.492 e. The number of benzene rings is 1. The minimum atomic E-state index is -4.55. The maximum absolute atomic E-state index is 13.2. The number of rotatable bonds is 6. The molecule has 8 nitrogen and oxygen atoms in total. The highest BCUT2D eigenvalue weighted by atomic mass is 32.2. The molecule has 0 N–H and O–H groups in total. The summed E-state index contributed by atoms with van der Waals surface area (Å²) in [6, 6.07) is 4.24. The molecule has 1 amide bonds. The first-order valence-electron chi connectivity index (χ1n) is 9.94. The molecule has 0 bridgehead atoms. The van der Waals surface area contributed by atoms with Crippen LogP contribution in [0.25, 0.3) is 0 Å². The number of carbonyl (C=O) groups is 1. The number of amides is 1. The van der Waals surface area contributed by atoms with Crippen LogP contribution in [0.4, 0.5) is 18.3 Å². The number of anilines is 1. The van der Waals surface area contributed by atoms with Crippen LogP contribution in [0.3, 0.4) is 0 Å². The van der Waals surface area contributed by atoms with E-state index in [2.05, 4.69) is 10.2 Å². The fourth-order valence-corrected chi connectivity index (χ4v) is 4.66. The van der Waals surface area contributed by atoms with Crippen molar-refractivity contribution in [1.29, 1.82) is 0 Å². The molecule has 2 aromatic rings. The SMILES string of the molecule is CS(=O)(=O)c1ccc(OCC2CC2)c(C(=O)N2CCN(c3nnc(C(F)(F)F)s3)CC2)c1. The second-order valence-corrected chi connectivity index (χ2v) is 10.8. The summed E-state index contributed by atoms with van der Waals surface area (Å²) in [5.41, 5.74) is 0.164. The number of halogens is 3. The summed E-state index contributed by atoms with van der Waals surface area (Å²) in [5.74, 6) is 0.398. The molecule has 2 aliphatic rings. The molecule has 2 fully saturated rings. The summed E-state index contributed by atoms with van der Waals surface area (Å²) < 4.78 is 68.1. The van der Waals surface area contributed by atoms with Crippen LogP contribution < -0.4 is 9.64 Å². The van der Waals surface area contributed by atoms with Gasteiger partial charge in [-0.05, 0) is 37.0 Å². The average Bonchev–Trinajstić information content (AvgIpc) is 3.42. The second kappa shape index (κ2) is 8.50. The third kappa shape index (κ3) is 5.14. The van der Waals surface area contributed by atoms with E-state index in [0.29, 0.717) is 29.6 Å². The molecule has 4 rings (SSSR count). The first-order chi connectivity index (χ1) is 15.0. The molecule has 1 aromatic carbocycles. The molecule has 1 aromatic heterocycles. The number of hydrogen-bond acceptors (Lipinski definition) is 8. The summed E-state index contributed by atoms with van der Waals surface area (Å²) in [6.07, 6.45) is -1.35. The second-order valence-electron chi connectivity index (χ2n) is 7.85. The van der Waals surface area contributed by atoms with Crippen LogP contribution in [0, 0.1) is 5.92 Å². The molecule has 1 aliphatic heterocycles. The Morgan fingerprint density at radius 2 is 1.88 bits per heavy atom. The Labute approximate surface area is 186 Å². The first kappa shape index (κ1) is 22.8. The van der Waals surface area contributed by atoms with Crippen LogP contribution in [0.1, 0.15) is 28.2 Å². The highest BCUT2D eigenvalue weighted by Gasteiger charge is 2.37. The van der Waals surface area contributed by atoms with Crippen LogP contribution in [-0.2, 0) is 16.0 Å². The number of sulfone groups is 1. The van der Waals surface area contributed by atoms with Gasteiger partial charge in [-0.15, -0.1) is 10.2 Å². The van der Waals surface area contributed by atoms with Gasteiger partial charge in [-0.1, -0.05) is 11.3 Å². The smallest absolute Gasteiger partial charge is 0.445 e. The number of piperazine rings is 1. The standard InChI is InChI=1S/C19H21F3N4O4S2/c1-32(28,29)13-4-5-15(30-11-12-2-3-12)14(10-13)16(27)25-6-8-26(9-7-25)18-24-23-17(31-18)19(20,21)22/h4-5,10,12H,2-3,6-9,11H2,1H3. The molecule has 1 saturated carbocycles. The predicted molar refractivity (Wildman–Crippen MR) is 111 cm³/mol. The Morgan fingerprint density at radius 1 is 1.19 bits per heavy atom. The number of aromatic nitrogens is 2. The molecule has 174 valence electrons. The van der Waals surface area contributed by atoms with Crippen molar-refractivity contribution in [3.63, 3.8) is 0 Å². The van der Waals surface area contributed by atoms with Crippen molar-refractivity contribution >= 4 is 32.2 Å². The summed E-state index contributed by atoms with van der Waals surface area (Å²) in [4.78, 5) is 16.4. The van der Waals surface area contributed by atoms with Crippen LogP contribution in [0.15, 0.2) is 23.1 Å². The Kier molecular flexibility index (Phi) is 6.05. The number of nitrogens with zero attached hydrogens (tertiary/aromatic N) is 4. The lowest BCUT2D eigenvalue weighted by Gasteiger charge is -2.34. The van der Waals surface area contributed by atoms with Crippen molar-refractivity contribution in [2.24, 2.45) is 5.92 Å². The summed E-state index contributed by atoms with van der Waals surface area (Å²) in [5, 5.41) is 5.95. The van der Waals surface area contributed by atoms with Gasteiger partial charge < -0.3 is 14.5 Å². The lowest BCUT2D eigenvalue weighted by atomic mass is 10.1. The Hall–Kier alpha value is -2.41. The van der Waals surface area contributed by atoms with E-state index in [4.69, 9.17) is 4.74 Å². The number of alkyl halides is 3. The van der Waals surface area contributed by atoms with Gasteiger partial charge in [0.15, 0.2) is 9.84 Å². The van der Waals surface area contributed by atoms with Crippen molar-refractivity contribution in [2.75, 3.05) is 43.9 Å². The minimum Gasteiger partial charge on any atom is -0.492 e. The van der Waals surface area contributed by atoms with Crippen LogP contribution in [0.2, 0.25) is 0 Å². The van der Waals surface area contributed by atoms with Gasteiger partial charge in [-0.2, -0.15) is 13.2 Å². The van der Waals surface area contributed by atoms with Crippen LogP contribution in [0.5, 0.6) is 5.75 Å². The quantitative estimate of drug-likeness (QED) is 0.615. The van der Waals surface area contributed by atoms with Gasteiger partial charge in [0, 0.05) is 32.4 Å².